The Labute approximate surface area is 144 Å². The Morgan fingerprint density at radius 3 is 2.46 bits per heavy atom. The summed E-state index contributed by atoms with van der Waals surface area (Å²) in [5.41, 5.74) is 1.97. The number of hydrogen-bond acceptors (Lipinski definition) is 5. The van der Waals surface area contributed by atoms with Crippen LogP contribution < -0.4 is 0 Å². The van der Waals surface area contributed by atoms with Crippen LogP contribution in [0.1, 0.15) is 5.56 Å². The second-order valence-electron chi connectivity index (χ2n) is 5.23. The molecule has 0 unspecified atom stereocenters. The summed E-state index contributed by atoms with van der Waals surface area (Å²) in [6.45, 7) is 0.587. The van der Waals surface area contributed by atoms with Crippen LogP contribution in [0.4, 0.5) is 0 Å². The Balaban J connectivity index is 1.60. The number of carbonyl (C=O) groups is 1. The molecule has 6 nitrogen and oxygen atoms in total. The van der Waals surface area contributed by atoms with E-state index >= 15 is 0 Å². The van der Waals surface area contributed by atoms with E-state index in [1.165, 1.54) is 11.8 Å². The lowest BCUT2D eigenvalue weighted by atomic mass is 10.2. The predicted molar refractivity (Wildman–Crippen MR) is 92.8 cm³/mol. The molecular formula is C17H17N5OS. The second-order valence-corrected chi connectivity index (χ2v) is 6.18. The lowest BCUT2D eigenvalue weighted by molar-refractivity contribution is -0.127. The van der Waals surface area contributed by atoms with Gasteiger partial charge in [0.1, 0.15) is 0 Å². The predicted octanol–water partition coefficient (Wildman–Crippen LogP) is 2.41. The summed E-state index contributed by atoms with van der Waals surface area (Å²) in [6.07, 6.45) is 0. The summed E-state index contributed by atoms with van der Waals surface area (Å²) >= 11 is 1.33. The molecule has 0 aliphatic carbocycles. The molecule has 0 fully saturated rings. The average molecular weight is 339 g/mol. The molecule has 0 spiro atoms. The Morgan fingerprint density at radius 2 is 1.75 bits per heavy atom. The molecule has 7 heteroatoms. The first-order valence-electron chi connectivity index (χ1n) is 7.48. The normalized spacial score (nSPS) is 10.5. The first kappa shape index (κ1) is 16.2. The van der Waals surface area contributed by atoms with Crippen LogP contribution in [0.5, 0.6) is 0 Å². The molecule has 0 atom stereocenters. The molecule has 0 saturated carbocycles. The van der Waals surface area contributed by atoms with Gasteiger partial charge in [0, 0.05) is 13.6 Å². The standard InChI is InChI=1S/C17H17N5OS/c1-21(12-14-8-4-2-5-9-14)16(23)13-24-17-18-19-20-22(17)15-10-6-3-7-11-15/h2-11H,12-13H2,1H3. The molecule has 0 aliphatic heterocycles. The second kappa shape index (κ2) is 7.74. The van der Waals surface area contributed by atoms with Crippen LogP contribution >= 0.6 is 11.8 Å². The first-order valence-corrected chi connectivity index (χ1v) is 8.47. The quantitative estimate of drug-likeness (QED) is 0.645. The minimum absolute atomic E-state index is 0.0338. The molecule has 0 bridgehead atoms. The highest BCUT2D eigenvalue weighted by atomic mass is 32.2. The summed E-state index contributed by atoms with van der Waals surface area (Å²) in [4.78, 5) is 14.0. The lowest BCUT2D eigenvalue weighted by Gasteiger charge is -2.16. The number of tetrazole rings is 1. The Bertz CT molecular complexity index is 791. The van der Waals surface area contributed by atoms with E-state index in [2.05, 4.69) is 15.5 Å². The smallest absolute Gasteiger partial charge is 0.233 e. The fraction of sp³-hybridized carbons (Fsp3) is 0.176. The van der Waals surface area contributed by atoms with Crippen LogP contribution in [0.3, 0.4) is 0 Å². The summed E-state index contributed by atoms with van der Waals surface area (Å²) in [6, 6.07) is 19.5. The number of thioether (sulfide) groups is 1. The highest BCUT2D eigenvalue weighted by Crippen LogP contribution is 2.18. The number of amides is 1. The number of benzene rings is 2. The summed E-state index contributed by atoms with van der Waals surface area (Å²) < 4.78 is 1.63. The van der Waals surface area contributed by atoms with Gasteiger partial charge in [-0.1, -0.05) is 60.3 Å². The molecular weight excluding hydrogens is 322 g/mol. The van der Waals surface area contributed by atoms with Crippen molar-refractivity contribution in [2.24, 2.45) is 0 Å². The molecule has 3 rings (SSSR count). The van der Waals surface area contributed by atoms with E-state index in [1.54, 1.807) is 16.6 Å². The van der Waals surface area contributed by atoms with Gasteiger partial charge in [-0.15, -0.1) is 5.10 Å². The van der Waals surface area contributed by atoms with Gasteiger partial charge in [0.05, 0.1) is 11.4 Å². The van der Waals surface area contributed by atoms with Crippen molar-refractivity contribution in [2.45, 2.75) is 11.7 Å². The van der Waals surface area contributed by atoms with E-state index in [-0.39, 0.29) is 11.7 Å². The van der Waals surface area contributed by atoms with E-state index in [0.29, 0.717) is 11.7 Å². The van der Waals surface area contributed by atoms with Gasteiger partial charge in [-0.25, -0.2) is 0 Å². The third kappa shape index (κ3) is 3.99. The third-order valence-corrected chi connectivity index (χ3v) is 4.36. The van der Waals surface area contributed by atoms with Crippen molar-refractivity contribution in [3.05, 3.63) is 66.2 Å². The molecule has 1 aromatic heterocycles. The molecule has 1 heterocycles. The fourth-order valence-electron chi connectivity index (χ4n) is 2.18. The SMILES string of the molecule is CN(Cc1ccccc1)C(=O)CSc1nnnn1-c1ccccc1. The third-order valence-electron chi connectivity index (χ3n) is 3.45. The average Bonchev–Trinajstić information content (AvgIpc) is 3.10. The number of nitrogens with zero attached hydrogens (tertiary/aromatic N) is 5. The van der Waals surface area contributed by atoms with Gasteiger partial charge in [-0.3, -0.25) is 4.79 Å². The largest absolute Gasteiger partial charge is 0.341 e. The highest BCUT2D eigenvalue weighted by Gasteiger charge is 2.14. The molecule has 1 amide bonds. The summed E-state index contributed by atoms with van der Waals surface area (Å²) in [5.74, 6) is 0.322. The van der Waals surface area contributed by atoms with Crippen LogP contribution in [0.2, 0.25) is 0 Å². The van der Waals surface area contributed by atoms with E-state index in [0.717, 1.165) is 11.3 Å². The van der Waals surface area contributed by atoms with E-state index in [1.807, 2.05) is 60.7 Å². The molecule has 0 radical (unpaired) electrons. The summed E-state index contributed by atoms with van der Waals surface area (Å²) in [7, 11) is 1.80. The van der Waals surface area contributed by atoms with Crippen molar-refractivity contribution in [2.75, 3.05) is 12.8 Å². The highest BCUT2D eigenvalue weighted by molar-refractivity contribution is 7.99. The molecule has 3 aromatic rings. The van der Waals surface area contributed by atoms with Crippen molar-refractivity contribution in [1.29, 1.82) is 0 Å². The summed E-state index contributed by atoms with van der Waals surface area (Å²) in [5, 5.41) is 12.3. The van der Waals surface area contributed by atoms with Crippen LogP contribution in [-0.4, -0.2) is 43.8 Å². The topological polar surface area (TPSA) is 63.9 Å². The van der Waals surface area contributed by atoms with Gasteiger partial charge in [-0.05, 0) is 28.1 Å². The van der Waals surface area contributed by atoms with Crippen molar-refractivity contribution in [3.8, 4) is 5.69 Å². The Hall–Kier alpha value is -2.67. The number of aromatic nitrogens is 4. The number of rotatable bonds is 6. The van der Waals surface area contributed by atoms with Gasteiger partial charge in [0.15, 0.2) is 0 Å². The van der Waals surface area contributed by atoms with Gasteiger partial charge in [-0.2, -0.15) is 4.68 Å². The fourth-order valence-corrected chi connectivity index (χ4v) is 3.01. The Morgan fingerprint density at radius 1 is 1.08 bits per heavy atom. The zero-order valence-electron chi connectivity index (χ0n) is 13.2. The van der Waals surface area contributed by atoms with E-state index in [4.69, 9.17) is 0 Å². The monoisotopic (exact) mass is 339 g/mol. The molecule has 122 valence electrons. The Kier molecular flexibility index (Phi) is 5.22. The van der Waals surface area contributed by atoms with E-state index < -0.39 is 0 Å². The van der Waals surface area contributed by atoms with Gasteiger partial charge < -0.3 is 4.90 Å². The maximum absolute atomic E-state index is 12.3. The molecule has 0 aliphatic rings. The van der Waals surface area contributed by atoms with Crippen molar-refractivity contribution in [1.82, 2.24) is 25.1 Å². The number of hydrogen-bond donors (Lipinski definition) is 0. The van der Waals surface area contributed by atoms with Crippen molar-refractivity contribution >= 4 is 17.7 Å². The van der Waals surface area contributed by atoms with Crippen LogP contribution in [-0.2, 0) is 11.3 Å². The first-order chi connectivity index (χ1) is 11.7. The number of para-hydroxylation sites is 1. The lowest BCUT2D eigenvalue weighted by Crippen LogP contribution is -2.27. The van der Waals surface area contributed by atoms with Gasteiger partial charge in [0.2, 0.25) is 11.1 Å². The van der Waals surface area contributed by atoms with Crippen LogP contribution in [0, 0.1) is 0 Å². The van der Waals surface area contributed by atoms with Crippen molar-refractivity contribution < 1.29 is 4.79 Å². The zero-order chi connectivity index (χ0) is 16.8. The maximum Gasteiger partial charge on any atom is 0.233 e. The molecule has 2 aromatic carbocycles. The maximum atomic E-state index is 12.3. The number of carbonyl (C=O) groups excluding carboxylic acids is 1. The van der Waals surface area contributed by atoms with Crippen molar-refractivity contribution in [3.63, 3.8) is 0 Å². The molecule has 24 heavy (non-hydrogen) atoms. The molecule has 0 saturated heterocycles. The minimum Gasteiger partial charge on any atom is -0.341 e. The zero-order valence-corrected chi connectivity index (χ0v) is 14.1. The van der Waals surface area contributed by atoms with E-state index in [9.17, 15) is 4.79 Å². The minimum atomic E-state index is 0.0338. The van der Waals surface area contributed by atoms with Gasteiger partial charge in [0.25, 0.3) is 0 Å². The van der Waals surface area contributed by atoms with Crippen LogP contribution in [0.15, 0.2) is 65.8 Å². The molecule has 0 N–H and O–H groups in total. The van der Waals surface area contributed by atoms with Gasteiger partial charge >= 0.3 is 0 Å². The van der Waals surface area contributed by atoms with Crippen LogP contribution in [0.25, 0.3) is 5.69 Å².